The highest BCUT2D eigenvalue weighted by Crippen LogP contribution is 2.18. The van der Waals surface area contributed by atoms with Crippen LogP contribution in [-0.4, -0.2) is 37.2 Å². The molecule has 0 fully saturated rings. The molecule has 6 heteroatoms. The van der Waals surface area contributed by atoms with E-state index in [1.807, 2.05) is 0 Å². The Morgan fingerprint density at radius 1 is 0.250 bits per heavy atom. The maximum absolute atomic E-state index is 12.9. The number of allylic oxidation sites excluding steroid dienone is 8. The van der Waals surface area contributed by atoms with Crippen LogP contribution in [0.2, 0.25) is 0 Å². The third kappa shape index (κ3) is 66.2. The summed E-state index contributed by atoms with van der Waals surface area (Å²) in [6.45, 7) is 6.64. The fourth-order valence-corrected chi connectivity index (χ4v) is 10.7. The minimum Gasteiger partial charge on any atom is -0.462 e. The fourth-order valence-electron chi connectivity index (χ4n) is 10.7. The van der Waals surface area contributed by atoms with Gasteiger partial charge in [0, 0.05) is 19.3 Å². The summed E-state index contributed by atoms with van der Waals surface area (Å²) in [6, 6.07) is 0. The number of carbonyl (C=O) groups is 3. The van der Waals surface area contributed by atoms with Gasteiger partial charge >= 0.3 is 17.9 Å². The topological polar surface area (TPSA) is 78.9 Å². The lowest BCUT2D eigenvalue weighted by Gasteiger charge is -2.18. The van der Waals surface area contributed by atoms with Crippen LogP contribution in [0.15, 0.2) is 48.6 Å². The second-order valence-corrected chi connectivity index (χ2v) is 24.1. The lowest BCUT2D eigenvalue weighted by atomic mass is 10.0. The van der Waals surface area contributed by atoms with Crippen LogP contribution in [0.25, 0.3) is 0 Å². The van der Waals surface area contributed by atoms with Gasteiger partial charge in [-0.1, -0.05) is 333 Å². The van der Waals surface area contributed by atoms with Gasteiger partial charge in [-0.2, -0.15) is 0 Å². The van der Waals surface area contributed by atoms with Gasteiger partial charge in [-0.15, -0.1) is 0 Å². The first-order chi connectivity index (χ1) is 39.5. The summed E-state index contributed by atoms with van der Waals surface area (Å²) in [5.41, 5.74) is 0. The van der Waals surface area contributed by atoms with Gasteiger partial charge in [0.2, 0.25) is 0 Å². The van der Waals surface area contributed by atoms with Crippen molar-refractivity contribution in [1.29, 1.82) is 0 Å². The molecule has 6 nitrogen and oxygen atoms in total. The van der Waals surface area contributed by atoms with Crippen LogP contribution in [0.1, 0.15) is 387 Å². The highest BCUT2D eigenvalue weighted by Gasteiger charge is 2.19. The Kier molecular flexibility index (Phi) is 66.6. The molecular weight excluding hydrogens is 985 g/mol. The first-order valence-electron chi connectivity index (χ1n) is 35.6. The Morgan fingerprint density at radius 2 is 0.450 bits per heavy atom. The van der Waals surface area contributed by atoms with E-state index in [4.69, 9.17) is 14.2 Å². The lowest BCUT2D eigenvalue weighted by Crippen LogP contribution is -2.30. The number of ether oxygens (including phenoxy) is 3. The minimum atomic E-state index is -0.783. The normalized spacial score (nSPS) is 12.3. The number of esters is 3. The van der Waals surface area contributed by atoms with Crippen molar-refractivity contribution >= 4 is 17.9 Å². The molecule has 0 bridgehead atoms. The molecule has 468 valence electrons. The van der Waals surface area contributed by atoms with E-state index in [1.165, 1.54) is 257 Å². The van der Waals surface area contributed by atoms with Gasteiger partial charge in [0.1, 0.15) is 13.2 Å². The molecule has 0 saturated carbocycles. The third-order valence-corrected chi connectivity index (χ3v) is 16.1. The third-order valence-electron chi connectivity index (χ3n) is 16.1. The molecule has 0 aliphatic heterocycles. The highest BCUT2D eigenvalue weighted by atomic mass is 16.6. The second kappa shape index (κ2) is 68.9. The molecule has 0 heterocycles. The lowest BCUT2D eigenvalue weighted by molar-refractivity contribution is -0.167. The van der Waals surface area contributed by atoms with Crippen LogP contribution in [-0.2, 0) is 28.6 Å². The predicted molar refractivity (Wildman–Crippen MR) is 349 cm³/mol. The molecular formula is C74H136O6. The summed E-state index contributed by atoms with van der Waals surface area (Å²) in [5, 5.41) is 0. The summed E-state index contributed by atoms with van der Waals surface area (Å²) in [7, 11) is 0. The standard InChI is InChI=1S/C74H136O6/c1-4-7-10-13-16-19-22-25-27-29-31-32-33-34-35-36-37-38-39-40-41-43-44-46-49-52-55-58-61-64-67-73(76)79-70-71(69-78-72(75)66-63-60-57-54-51-48-24-21-18-15-12-9-6-3)80-74(77)68-65-62-59-56-53-50-47-45-42-30-28-26-23-20-17-14-11-8-5-2/h17,20-21,24,26,28,42,45,71H,4-16,18-19,22-23,25,27,29-41,43-44,46-70H2,1-3H3/b20-17-,24-21-,28-26-,45-42-. The van der Waals surface area contributed by atoms with Gasteiger partial charge < -0.3 is 14.2 Å². The van der Waals surface area contributed by atoms with Gasteiger partial charge in [0.05, 0.1) is 0 Å². The molecule has 0 aliphatic carbocycles. The van der Waals surface area contributed by atoms with Crippen molar-refractivity contribution < 1.29 is 28.6 Å². The summed E-state index contributed by atoms with van der Waals surface area (Å²) in [6.07, 6.45) is 87.2. The zero-order chi connectivity index (χ0) is 57.8. The van der Waals surface area contributed by atoms with Crippen LogP contribution in [0.5, 0.6) is 0 Å². The number of unbranched alkanes of at least 4 members (excludes halogenated alkanes) is 47. The monoisotopic (exact) mass is 1120 g/mol. The van der Waals surface area contributed by atoms with Crippen molar-refractivity contribution in [3.8, 4) is 0 Å². The number of hydrogen-bond donors (Lipinski definition) is 0. The van der Waals surface area contributed by atoms with Crippen molar-refractivity contribution in [2.24, 2.45) is 0 Å². The van der Waals surface area contributed by atoms with Crippen molar-refractivity contribution in [1.82, 2.24) is 0 Å². The van der Waals surface area contributed by atoms with Crippen molar-refractivity contribution in [2.75, 3.05) is 13.2 Å². The van der Waals surface area contributed by atoms with Crippen LogP contribution < -0.4 is 0 Å². The van der Waals surface area contributed by atoms with Crippen LogP contribution in [0.3, 0.4) is 0 Å². The zero-order valence-electron chi connectivity index (χ0n) is 53.9. The molecule has 0 aromatic rings. The van der Waals surface area contributed by atoms with E-state index >= 15 is 0 Å². The van der Waals surface area contributed by atoms with E-state index in [1.54, 1.807) is 0 Å². The fraction of sp³-hybridized carbons (Fsp3) is 0.851. The number of rotatable bonds is 66. The quantitative estimate of drug-likeness (QED) is 0.0261. The maximum atomic E-state index is 12.9. The molecule has 0 saturated heterocycles. The van der Waals surface area contributed by atoms with Gasteiger partial charge in [-0.05, 0) is 83.5 Å². The molecule has 0 radical (unpaired) electrons. The van der Waals surface area contributed by atoms with Crippen molar-refractivity contribution in [2.45, 2.75) is 393 Å². The molecule has 0 spiro atoms. The second-order valence-electron chi connectivity index (χ2n) is 24.1. The van der Waals surface area contributed by atoms with Gasteiger partial charge in [0.25, 0.3) is 0 Å². The van der Waals surface area contributed by atoms with Crippen LogP contribution in [0.4, 0.5) is 0 Å². The van der Waals surface area contributed by atoms with Crippen LogP contribution in [0, 0.1) is 0 Å². The van der Waals surface area contributed by atoms with E-state index in [-0.39, 0.29) is 31.1 Å². The van der Waals surface area contributed by atoms with Crippen molar-refractivity contribution in [3.05, 3.63) is 48.6 Å². The molecule has 0 N–H and O–H groups in total. The summed E-state index contributed by atoms with van der Waals surface area (Å²) in [4.78, 5) is 38.4. The van der Waals surface area contributed by atoms with E-state index in [9.17, 15) is 14.4 Å². The Bertz CT molecular complexity index is 1380. The highest BCUT2D eigenvalue weighted by molar-refractivity contribution is 5.71. The largest absolute Gasteiger partial charge is 0.462 e. The summed E-state index contributed by atoms with van der Waals surface area (Å²) in [5.74, 6) is -0.876. The maximum Gasteiger partial charge on any atom is 0.306 e. The molecule has 1 unspecified atom stereocenters. The van der Waals surface area contributed by atoms with E-state index in [2.05, 4.69) is 69.4 Å². The van der Waals surface area contributed by atoms with Crippen LogP contribution >= 0.6 is 0 Å². The van der Waals surface area contributed by atoms with E-state index in [0.717, 1.165) is 89.9 Å². The predicted octanol–water partition coefficient (Wildman–Crippen LogP) is 24.5. The molecule has 0 aromatic carbocycles. The molecule has 1 atom stereocenters. The Morgan fingerprint density at radius 3 is 0.750 bits per heavy atom. The number of hydrogen-bond acceptors (Lipinski definition) is 6. The average Bonchev–Trinajstić information content (AvgIpc) is 3.46. The van der Waals surface area contributed by atoms with Gasteiger partial charge in [0.15, 0.2) is 6.10 Å². The molecule has 0 aromatic heterocycles. The SMILES string of the molecule is CCCCC/C=C\C/C=C\C/C=C\CCCCCCCCC(=O)OC(COC(=O)CCCCCCC/C=C\CCCCCC)COC(=O)CCCCCCCCCCCCCCCCCCCCCCCCCCCCCCCC. The molecule has 0 aliphatic rings. The summed E-state index contributed by atoms with van der Waals surface area (Å²) >= 11 is 0. The first-order valence-corrected chi connectivity index (χ1v) is 35.6. The first kappa shape index (κ1) is 77.4. The average molecular weight is 1120 g/mol. The van der Waals surface area contributed by atoms with E-state index in [0.29, 0.717) is 19.3 Å². The Hall–Kier alpha value is -2.63. The number of carbonyl (C=O) groups excluding carboxylic acids is 3. The summed E-state index contributed by atoms with van der Waals surface area (Å²) < 4.78 is 17.0. The molecule has 80 heavy (non-hydrogen) atoms. The van der Waals surface area contributed by atoms with Gasteiger partial charge in [-0.25, -0.2) is 0 Å². The van der Waals surface area contributed by atoms with Gasteiger partial charge in [-0.3, -0.25) is 14.4 Å². The zero-order valence-corrected chi connectivity index (χ0v) is 53.9. The smallest absolute Gasteiger partial charge is 0.306 e. The van der Waals surface area contributed by atoms with E-state index < -0.39 is 6.10 Å². The minimum absolute atomic E-state index is 0.0775. The van der Waals surface area contributed by atoms with Crippen molar-refractivity contribution in [3.63, 3.8) is 0 Å². The molecule has 0 amide bonds. The molecule has 0 rings (SSSR count). The Balaban J connectivity index is 4.18. The Labute approximate surface area is 498 Å².